The molecule has 16 heavy (non-hydrogen) atoms. The van der Waals surface area contributed by atoms with Gasteiger partial charge in [-0.1, -0.05) is 42.8 Å². The maximum Gasteiger partial charge on any atom is 0.182 e. The molecule has 1 N–H and O–H groups in total. The highest BCUT2D eigenvalue weighted by molar-refractivity contribution is 6.30. The number of nitrogens with zero attached hydrogens (tertiary/aromatic N) is 3. The molecule has 1 aromatic carbocycles. The molecule has 0 radical (unpaired) electrons. The summed E-state index contributed by atoms with van der Waals surface area (Å²) in [6.45, 7) is 4.27. The molecule has 5 heteroatoms. The van der Waals surface area contributed by atoms with E-state index < -0.39 is 0 Å². The van der Waals surface area contributed by atoms with Crippen molar-refractivity contribution in [1.82, 2.24) is 20.6 Å². The fraction of sp³-hybridized carbons (Fsp3) is 0.364. The van der Waals surface area contributed by atoms with E-state index in [2.05, 4.69) is 34.5 Å². The second kappa shape index (κ2) is 4.61. The first-order valence-electron chi connectivity index (χ1n) is 5.17. The predicted molar refractivity (Wildman–Crippen MR) is 62.3 cm³/mol. The van der Waals surface area contributed by atoms with Crippen LogP contribution in [0.1, 0.15) is 31.2 Å². The van der Waals surface area contributed by atoms with Gasteiger partial charge in [0.15, 0.2) is 5.82 Å². The average molecular weight is 237 g/mol. The van der Waals surface area contributed by atoms with Crippen molar-refractivity contribution in [3.05, 3.63) is 40.7 Å². The van der Waals surface area contributed by atoms with Crippen molar-refractivity contribution in [3.63, 3.8) is 0 Å². The van der Waals surface area contributed by atoms with Crippen molar-refractivity contribution in [3.8, 4) is 0 Å². The van der Waals surface area contributed by atoms with Gasteiger partial charge in [0.2, 0.25) is 0 Å². The Morgan fingerprint density at radius 1 is 1.19 bits per heavy atom. The molecule has 1 atom stereocenters. The number of hydrogen-bond donors (Lipinski definition) is 1. The third-order valence-electron chi connectivity index (χ3n) is 2.54. The van der Waals surface area contributed by atoms with Crippen LogP contribution in [0.15, 0.2) is 24.3 Å². The summed E-state index contributed by atoms with van der Waals surface area (Å²) in [7, 11) is 0. The molecule has 84 valence electrons. The molecule has 0 aliphatic heterocycles. The zero-order valence-electron chi connectivity index (χ0n) is 9.18. The molecule has 0 aliphatic carbocycles. The van der Waals surface area contributed by atoms with Gasteiger partial charge in [-0.2, -0.15) is 5.21 Å². The highest BCUT2D eigenvalue weighted by atomic mass is 35.5. The van der Waals surface area contributed by atoms with Crippen LogP contribution in [0.2, 0.25) is 5.02 Å². The number of benzene rings is 1. The van der Waals surface area contributed by atoms with E-state index in [9.17, 15) is 0 Å². The Kier molecular flexibility index (Phi) is 3.19. The van der Waals surface area contributed by atoms with Gasteiger partial charge >= 0.3 is 0 Å². The second-order valence-electron chi connectivity index (χ2n) is 4.04. The number of hydrogen-bond acceptors (Lipinski definition) is 3. The lowest BCUT2D eigenvalue weighted by Crippen LogP contribution is -2.10. The van der Waals surface area contributed by atoms with E-state index in [4.69, 9.17) is 11.6 Å². The SMILES string of the molecule is CC(C)C(c1ccc(Cl)cc1)c1nn[nH]n1. The molecule has 0 fully saturated rings. The maximum absolute atomic E-state index is 5.87. The zero-order valence-corrected chi connectivity index (χ0v) is 9.94. The number of nitrogens with one attached hydrogen (secondary N) is 1. The highest BCUT2D eigenvalue weighted by Gasteiger charge is 2.21. The van der Waals surface area contributed by atoms with Crippen LogP contribution in [0, 0.1) is 5.92 Å². The number of aromatic amines is 1. The third-order valence-corrected chi connectivity index (χ3v) is 2.79. The van der Waals surface area contributed by atoms with Gasteiger partial charge < -0.3 is 0 Å². The number of aromatic nitrogens is 4. The fourth-order valence-corrected chi connectivity index (χ4v) is 1.93. The van der Waals surface area contributed by atoms with Crippen molar-refractivity contribution in [2.45, 2.75) is 19.8 Å². The van der Waals surface area contributed by atoms with E-state index in [-0.39, 0.29) is 5.92 Å². The summed E-state index contributed by atoms with van der Waals surface area (Å²) in [6, 6.07) is 7.77. The Balaban J connectivity index is 2.37. The minimum Gasteiger partial charge on any atom is -0.177 e. The van der Waals surface area contributed by atoms with Crippen molar-refractivity contribution in [2.75, 3.05) is 0 Å². The van der Waals surface area contributed by atoms with Gasteiger partial charge in [-0.25, -0.2) is 0 Å². The number of rotatable bonds is 3. The second-order valence-corrected chi connectivity index (χ2v) is 4.48. The van der Waals surface area contributed by atoms with Crippen LogP contribution in [0.25, 0.3) is 0 Å². The van der Waals surface area contributed by atoms with Crippen molar-refractivity contribution < 1.29 is 0 Å². The Labute approximate surface area is 99.0 Å². The van der Waals surface area contributed by atoms with E-state index in [0.29, 0.717) is 5.92 Å². The molecule has 0 bridgehead atoms. The molecule has 4 nitrogen and oxygen atoms in total. The average Bonchev–Trinajstić information content (AvgIpc) is 2.74. The van der Waals surface area contributed by atoms with Gasteiger partial charge in [-0.15, -0.1) is 10.2 Å². The highest BCUT2D eigenvalue weighted by Crippen LogP contribution is 2.29. The van der Waals surface area contributed by atoms with Gasteiger partial charge in [0.25, 0.3) is 0 Å². The predicted octanol–water partition coefficient (Wildman–Crippen LogP) is 2.64. The molecule has 0 saturated heterocycles. The van der Waals surface area contributed by atoms with E-state index in [0.717, 1.165) is 16.4 Å². The lowest BCUT2D eigenvalue weighted by atomic mass is 9.88. The first-order chi connectivity index (χ1) is 7.68. The van der Waals surface area contributed by atoms with Crippen LogP contribution in [0.5, 0.6) is 0 Å². The van der Waals surface area contributed by atoms with Crippen LogP contribution in [-0.2, 0) is 0 Å². The Morgan fingerprint density at radius 3 is 2.38 bits per heavy atom. The molecule has 2 aromatic rings. The summed E-state index contributed by atoms with van der Waals surface area (Å²) in [4.78, 5) is 0. The fourth-order valence-electron chi connectivity index (χ4n) is 1.80. The lowest BCUT2D eigenvalue weighted by Gasteiger charge is -2.17. The minimum absolute atomic E-state index is 0.149. The molecule has 1 unspecified atom stereocenters. The van der Waals surface area contributed by atoms with Gasteiger partial charge in [-0.05, 0) is 23.6 Å². The molecule has 0 aliphatic rings. The smallest absolute Gasteiger partial charge is 0.177 e. The standard InChI is InChI=1S/C11H13ClN4/c1-7(2)10(11-13-15-16-14-11)8-3-5-9(12)6-4-8/h3-7,10H,1-2H3,(H,13,14,15,16). The molecule has 0 spiro atoms. The number of H-pyrrole nitrogens is 1. The normalized spacial score (nSPS) is 13.0. The number of halogens is 1. The van der Waals surface area contributed by atoms with Crippen LogP contribution in [0.4, 0.5) is 0 Å². The van der Waals surface area contributed by atoms with E-state index >= 15 is 0 Å². The summed E-state index contributed by atoms with van der Waals surface area (Å²) in [6.07, 6.45) is 0. The molecule has 0 amide bonds. The zero-order chi connectivity index (χ0) is 11.5. The summed E-state index contributed by atoms with van der Waals surface area (Å²) in [5.41, 5.74) is 1.15. The summed E-state index contributed by atoms with van der Waals surface area (Å²) in [5.74, 6) is 1.27. The summed E-state index contributed by atoms with van der Waals surface area (Å²) in [5, 5.41) is 14.9. The Morgan fingerprint density at radius 2 is 1.88 bits per heavy atom. The molecule has 1 aromatic heterocycles. The molecular formula is C11H13ClN4. The van der Waals surface area contributed by atoms with Crippen molar-refractivity contribution >= 4 is 11.6 Å². The van der Waals surface area contributed by atoms with Gasteiger partial charge in [-0.3, -0.25) is 0 Å². The van der Waals surface area contributed by atoms with Gasteiger partial charge in [0, 0.05) is 5.02 Å². The summed E-state index contributed by atoms with van der Waals surface area (Å²) >= 11 is 5.87. The first-order valence-corrected chi connectivity index (χ1v) is 5.55. The van der Waals surface area contributed by atoms with Crippen LogP contribution < -0.4 is 0 Å². The van der Waals surface area contributed by atoms with E-state index in [1.807, 2.05) is 24.3 Å². The van der Waals surface area contributed by atoms with E-state index in [1.165, 1.54) is 0 Å². The lowest BCUT2D eigenvalue weighted by molar-refractivity contribution is 0.539. The summed E-state index contributed by atoms with van der Waals surface area (Å²) < 4.78 is 0. The molecular weight excluding hydrogens is 224 g/mol. The van der Waals surface area contributed by atoms with E-state index in [1.54, 1.807) is 0 Å². The topological polar surface area (TPSA) is 54.5 Å². The van der Waals surface area contributed by atoms with Gasteiger partial charge in [0.05, 0.1) is 5.92 Å². The molecule has 0 saturated carbocycles. The minimum atomic E-state index is 0.149. The van der Waals surface area contributed by atoms with Crippen molar-refractivity contribution in [2.24, 2.45) is 5.92 Å². The monoisotopic (exact) mass is 236 g/mol. The Bertz CT molecular complexity index is 436. The van der Waals surface area contributed by atoms with Gasteiger partial charge in [0.1, 0.15) is 0 Å². The van der Waals surface area contributed by atoms with Crippen molar-refractivity contribution in [1.29, 1.82) is 0 Å². The molecule has 2 rings (SSSR count). The largest absolute Gasteiger partial charge is 0.182 e. The van der Waals surface area contributed by atoms with Crippen LogP contribution in [-0.4, -0.2) is 20.6 Å². The number of tetrazole rings is 1. The Hall–Kier alpha value is -1.42. The van der Waals surface area contributed by atoms with Crippen LogP contribution >= 0.6 is 11.6 Å². The maximum atomic E-state index is 5.87. The third kappa shape index (κ3) is 2.22. The first kappa shape index (κ1) is 11.1. The van der Waals surface area contributed by atoms with Crippen LogP contribution in [0.3, 0.4) is 0 Å². The molecule has 1 heterocycles. The quantitative estimate of drug-likeness (QED) is 0.892.